The van der Waals surface area contributed by atoms with Crippen LogP contribution in [0.25, 0.3) is 0 Å². The SMILES string of the molecule is OCC1(Nc2ccccc2C(F)(F)F)CC1. The molecule has 2 N–H and O–H groups in total. The Morgan fingerprint density at radius 2 is 1.88 bits per heavy atom. The number of aliphatic hydroxyl groups excluding tert-OH is 1. The van der Waals surface area contributed by atoms with Crippen molar-refractivity contribution in [2.24, 2.45) is 0 Å². The number of rotatable bonds is 3. The second-order valence-electron chi connectivity index (χ2n) is 4.11. The Labute approximate surface area is 91.1 Å². The highest BCUT2D eigenvalue weighted by Gasteiger charge is 2.44. The number of nitrogens with one attached hydrogen (secondary N) is 1. The lowest BCUT2D eigenvalue weighted by Crippen LogP contribution is -2.27. The molecule has 0 atom stereocenters. The molecule has 0 aromatic heterocycles. The molecule has 0 aliphatic heterocycles. The molecule has 5 heteroatoms. The van der Waals surface area contributed by atoms with E-state index in [1.165, 1.54) is 12.1 Å². The molecule has 1 aromatic rings. The zero-order chi connectivity index (χ0) is 11.8. The van der Waals surface area contributed by atoms with Crippen molar-refractivity contribution in [2.45, 2.75) is 24.6 Å². The quantitative estimate of drug-likeness (QED) is 0.838. The Hall–Kier alpha value is -1.23. The van der Waals surface area contributed by atoms with E-state index in [1.54, 1.807) is 6.07 Å². The fraction of sp³-hybridized carbons (Fsp3) is 0.455. The lowest BCUT2D eigenvalue weighted by Gasteiger charge is -2.19. The molecule has 0 amide bonds. The van der Waals surface area contributed by atoms with Crippen molar-refractivity contribution < 1.29 is 18.3 Å². The third-order valence-corrected chi connectivity index (χ3v) is 2.79. The highest BCUT2D eigenvalue weighted by atomic mass is 19.4. The van der Waals surface area contributed by atoms with E-state index in [0.29, 0.717) is 12.8 Å². The van der Waals surface area contributed by atoms with E-state index in [-0.39, 0.29) is 12.3 Å². The van der Waals surface area contributed by atoms with E-state index in [2.05, 4.69) is 5.32 Å². The van der Waals surface area contributed by atoms with Crippen molar-refractivity contribution in [3.63, 3.8) is 0 Å². The molecular weight excluding hydrogens is 219 g/mol. The minimum absolute atomic E-state index is 0.0431. The minimum atomic E-state index is -4.37. The van der Waals surface area contributed by atoms with Gasteiger partial charge in [0.25, 0.3) is 0 Å². The molecular formula is C11H12F3NO. The van der Waals surface area contributed by atoms with E-state index in [4.69, 9.17) is 5.11 Å². The maximum atomic E-state index is 12.6. The number of anilines is 1. The summed E-state index contributed by atoms with van der Waals surface area (Å²) in [5.74, 6) is 0. The van der Waals surface area contributed by atoms with Gasteiger partial charge in [-0.25, -0.2) is 0 Å². The summed E-state index contributed by atoms with van der Waals surface area (Å²) in [4.78, 5) is 0. The van der Waals surface area contributed by atoms with Crippen molar-refractivity contribution in [3.05, 3.63) is 29.8 Å². The standard InChI is InChI=1S/C11H12F3NO/c12-11(13,14)8-3-1-2-4-9(8)15-10(7-16)5-6-10/h1-4,15-16H,5-7H2. The number of para-hydroxylation sites is 1. The predicted octanol–water partition coefficient (Wildman–Crippen LogP) is 2.64. The highest BCUT2D eigenvalue weighted by Crippen LogP contribution is 2.42. The van der Waals surface area contributed by atoms with E-state index >= 15 is 0 Å². The zero-order valence-corrected chi connectivity index (χ0v) is 8.51. The van der Waals surface area contributed by atoms with Gasteiger partial charge in [-0.05, 0) is 25.0 Å². The molecule has 1 saturated carbocycles. The number of aliphatic hydroxyl groups is 1. The van der Waals surface area contributed by atoms with Crippen LogP contribution in [0.3, 0.4) is 0 Å². The third kappa shape index (κ3) is 2.14. The van der Waals surface area contributed by atoms with Crippen LogP contribution in [0.5, 0.6) is 0 Å². The van der Waals surface area contributed by atoms with Crippen LogP contribution in [-0.4, -0.2) is 17.3 Å². The molecule has 88 valence electrons. The Bertz CT molecular complexity index is 385. The normalized spacial score (nSPS) is 18.2. The predicted molar refractivity (Wildman–Crippen MR) is 54.1 cm³/mol. The van der Waals surface area contributed by atoms with Crippen molar-refractivity contribution >= 4 is 5.69 Å². The lowest BCUT2D eigenvalue weighted by atomic mass is 10.1. The lowest BCUT2D eigenvalue weighted by molar-refractivity contribution is -0.137. The molecule has 1 aliphatic carbocycles. The summed E-state index contributed by atoms with van der Waals surface area (Å²) in [6, 6.07) is 5.33. The van der Waals surface area contributed by atoms with E-state index < -0.39 is 17.3 Å². The van der Waals surface area contributed by atoms with E-state index in [1.807, 2.05) is 0 Å². The number of benzene rings is 1. The van der Waals surface area contributed by atoms with Crippen molar-refractivity contribution in [2.75, 3.05) is 11.9 Å². The average Bonchev–Trinajstić information content (AvgIpc) is 2.98. The van der Waals surface area contributed by atoms with Crippen LogP contribution in [0, 0.1) is 0 Å². The molecule has 1 fully saturated rings. The zero-order valence-electron chi connectivity index (χ0n) is 8.51. The van der Waals surface area contributed by atoms with Gasteiger partial charge < -0.3 is 10.4 Å². The first kappa shape index (κ1) is 11.3. The Kier molecular flexibility index (Phi) is 2.58. The summed E-state index contributed by atoms with van der Waals surface area (Å²) in [6.07, 6.45) is -2.96. The fourth-order valence-electron chi connectivity index (χ4n) is 1.60. The van der Waals surface area contributed by atoms with Gasteiger partial charge in [-0.3, -0.25) is 0 Å². The molecule has 0 unspecified atom stereocenters. The van der Waals surface area contributed by atoms with Gasteiger partial charge in [0.15, 0.2) is 0 Å². The molecule has 2 nitrogen and oxygen atoms in total. The Balaban J connectivity index is 2.27. The first-order chi connectivity index (χ1) is 7.47. The Morgan fingerprint density at radius 3 is 2.38 bits per heavy atom. The van der Waals surface area contributed by atoms with Crippen LogP contribution in [-0.2, 0) is 6.18 Å². The number of hydrogen-bond donors (Lipinski definition) is 2. The molecule has 16 heavy (non-hydrogen) atoms. The van der Waals surface area contributed by atoms with Crippen molar-refractivity contribution in [1.82, 2.24) is 0 Å². The fourth-order valence-corrected chi connectivity index (χ4v) is 1.60. The van der Waals surface area contributed by atoms with Crippen molar-refractivity contribution in [3.8, 4) is 0 Å². The first-order valence-corrected chi connectivity index (χ1v) is 5.02. The second kappa shape index (κ2) is 3.66. The van der Waals surface area contributed by atoms with Gasteiger partial charge in [-0.1, -0.05) is 12.1 Å². The van der Waals surface area contributed by atoms with Crippen LogP contribution >= 0.6 is 0 Å². The number of halogens is 3. The summed E-state index contributed by atoms with van der Waals surface area (Å²) in [5, 5.41) is 11.9. The van der Waals surface area contributed by atoms with Gasteiger partial charge in [-0.15, -0.1) is 0 Å². The third-order valence-electron chi connectivity index (χ3n) is 2.79. The van der Waals surface area contributed by atoms with Crippen LogP contribution in [0.2, 0.25) is 0 Å². The van der Waals surface area contributed by atoms with Crippen LogP contribution in [0.4, 0.5) is 18.9 Å². The number of alkyl halides is 3. The van der Waals surface area contributed by atoms with Crippen LogP contribution < -0.4 is 5.32 Å². The maximum absolute atomic E-state index is 12.6. The molecule has 1 aliphatic rings. The van der Waals surface area contributed by atoms with Gasteiger partial charge in [0.05, 0.1) is 17.7 Å². The monoisotopic (exact) mass is 231 g/mol. The van der Waals surface area contributed by atoms with E-state index in [0.717, 1.165) is 6.07 Å². The minimum Gasteiger partial charge on any atom is -0.394 e. The summed E-state index contributed by atoms with van der Waals surface area (Å²) in [6.45, 7) is -0.140. The second-order valence-corrected chi connectivity index (χ2v) is 4.11. The smallest absolute Gasteiger partial charge is 0.394 e. The molecule has 0 radical (unpaired) electrons. The molecule has 0 bridgehead atoms. The van der Waals surface area contributed by atoms with Crippen LogP contribution in [0.1, 0.15) is 18.4 Å². The molecule has 1 aromatic carbocycles. The van der Waals surface area contributed by atoms with Crippen LogP contribution in [0.15, 0.2) is 24.3 Å². The maximum Gasteiger partial charge on any atom is 0.418 e. The van der Waals surface area contributed by atoms with E-state index in [9.17, 15) is 13.2 Å². The summed E-state index contributed by atoms with van der Waals surface area (Å²) in [5.41, 5.74) is -1.18. The highest BCUT2D eigenvalue weighted by molar-refractivity contribution is 5.55. The van der Waals surface area contributed by atoms with Gasteiger partial charge >= 0.3 is 6.18 Å². The molecule has 0 spiro atoms. The number of hydrogen-bond acceptors (Lipinski definition) is 2. The topological polar surface area (TPSA) is 32.3 Å². The van der Waals surface area contributed by atoms with Gasteiger partial charge in [0, 0.05) is 5.69 Å². The van der Waals surface area contributed by atoms with Gasteiger partial charge in [0.2, 0.25) is 0 Å². The Morgan fingerprint density at radius 1 is 1.25 bits per heavy atom. The summed E-state index contributed by atoms with van der Waals surface area (Å²) in [7, 11) is 0. The first-order valence-electron chi connectivity index (χ1n) is 5.02. The molecule has 2 rings (SSSR count). The largest absolute Gasteiger partial charge is 0.418 e. The molecule has 0 saturated heterocycles. The summed E-state index contributed by atoms with van der Waals surface area (Å²) >= 11 is 0. The summed E-state index contributed by atoms with van der Waals surface area (Å²) < 4.78 is 37.9. The molecule has 0 heterocycles. The van der Waals surface area contributed by atoms with Gasteiger partial charge in [-0.2, -0.15) is 13.2 Å². The van der Waals surface area contributed by atoms with Gasteiger partial charge in [0.1, 0.15) is 0 Å². The van der Waals surface area contributed by atoms with Crippen molar-refractivity contribution in [1.29, 1.82) is 0 Å². The average molecular weight is 231 g/mol.